The Bertz CT molecular complexity index is 318. The van der Waals surface area contributed by atoms with Gasteiger partial charge in [0.25, 0.3) is 0 Å². The smallest absolute Gasteiger partial charge is 0.137 e. The first-order valence-electron chi connectivity index (χ1n) is 5.09. The normalized spacial score (nSPS) is 19.8. The van der Waals surface area contributed by atoms with Crippen LogP contribution in [-0.2, 0) is 10.2 Å². The fourth-order valence-electron chi connectivity index (χ4n) is 2.28. The summed E-state index contributed by atoms with van der Waals surface area (Å²) in [6.45, 7) is 10.1. The van der Waals surface area contributed by atoms with Gasteiger partial charge in [-0.05, 0) is 19.8 Å². The molecular weight excluding hydrogens is 178 g/mol. The van der Waals surface area contributed by atoms with Crippen LogP contribution >= 0.6 is 0 Å². The van der Waals surface area contributed by atoms with E-state index in [1.165, 1.54) is 5.56 Å². The van der Waals surface area contributed by atoms with Gasteiger partial charge in [-0.3, -0.25) is 0 Å². The number of aryl methyl sites for hydroxylation is 2. The molecule has 0 spiro atoms. The lowest BCUT2D eigenvalue weighted by atomic mass is 9.69. The molecule has 3 nitrogen and oxygen atoms in total. The van der Waals surface area contributed by atoms with Gasteiger partial charge in [0.15, 0.2) is 0 Å². The predicted octanol–water partition coefficient (Wildman–Crippen LogP) is 2.22. The molecule has 0 aliphatic carbocycles. The minimum Gasteiger partial charge on any atom is -0.379 e. The molecule has 2 rings (SSSR count). The topological polar surface area (TPSA) is 35.3 Å². The van der Waals surface area contributed by atoms with E-state index < -0.39 is 0 Å². The van der Waals surface area contributed by atoms with Gasteiger partial charge in [-0.1, -0.05) is 19.0 Å². The quantitative estimate of drug-likeness (QED) is 0.725. The number of ether oxygens (including phenoxy) is 1. The molecule has 78 valence electrons. The molecule has 0 amide bonds. The van der Waals surface area contributed by atoms with Crippen molar-refractivity contribution in [3.63, 3.8) is 0 Å². The molecule has 0 atom stereocenters. The Morgan fingerprint density at radius 3 is 2.21 bits per heavy atom. The van der Waals surface area contributed by atoms with Gasteiger partial charge in [0, 0.05) is 11.0 Å². The molecule has 1 aliphatic rings. The van der Waals surface area contributed by atoms with E-state index in [0.717, 1.165) is 24.7 Å². The first-order valence-corrected chi connectivity index (χ1v) is 5.09. The summed E-state index contributed by atoms with van der Waals surface area (Å²) in [4.78, 5) is 0. The minimum absolute atomic E-state index is 0.147. The summed E-state index contributed by atoms with van der Waals surface area (Å²) in [5.74, 6) is 1.51. The molecule has 3 heteroatoms. The molecule has 1 aromatic rings. The van der Waals surface area contributed by atoms with Crippen molar-refractivity contribution in [2.24, 2.45) is 5.92 Å². The van der Waals surface area contributed by atoms with Crippen molar-refractivity contribution < 1.29 is 9.26 Å². The van der Waals surface area contributed by atoms with Crippen molar-refractivity contribution in [1.82, 2.24) is 5.16 Å². The largest absolute Gasteiger partial charge is 0.379 e. The lowest BCUT2D eigenvalue weighted by Gasteiger charge is -2.45. The summed E-state index contributed by atoms with van der Waals surface area (Å²) < 4.78 is 10.6. The SMILES string of the molecule is Cc1noc(C)c1C1(C(C)C)COC1. The molecule has 14 heavy (non-hydrogen) atoms. The molecule has 0 radical (unpaired) electrons. The third kappa shape index (κ3) is 1.12. The van der Waals surface area contributed by atoms with Crippen LogP contribution in [0.1, 0.15) is 30.9 Å². The molecular formula is C11H17NO2. The van der Waals surface area contributed by atoms with Gasteiger partial charge in [-0.2, -0.15) is 0 Å². The standard InChI is InChI=1S/C11H17NO2/c1-7(2)11(5-13-6-11)10-8(3)12-14-9(10)4/h7H,5-6H2,1-4H3. The molecule has 1 aromatic heterocycles. The Balaban J connectivity index is 2.46. The van der Waals surface area contributed by atoms with E-state index in [1.54, 1.807) is 0 Å². The summed E-state index contributed by atoms with van der Waals surface area (Å²) in [6.07, 6.45) is 0. The van der Waals surface area contributed by atoms with E-state index in [2.05, 4.69) is 19.0 Å². The Morgan fingerprint density at radius 2 is 1.93 bits per heavy atom. The van der Waals surface area contributed by atoms with E-state index in [-0.39, 0.29) is 5.41 Å². The number of rotatable bonds is 2. The van der Waals surface area contributed by atoms with Crippen LogP contribution in [0.2, 0.25) is 0 Å². The fraction of sp³-hybridized carbons (Fsp3) is 0.727. The zero-order chi connectivity index (χ0) is 10.3. The van der Waals surface area contributed by atoms with Gasteiger partial charge in [0.2, 0.25) is 0 Å². The highest BCUT2D eigenvalue weighted by atomic mass is 16.5. The fourth-order valence-corrected chi connectivity index (χ4v) is 2.28. The third-order valence-electron chi connectivity index (χ3n) is 3.36. The maximum Gasteiger partial charge on any atom is 0.137 e. The summed E-state index contributed by atoms with van der Waals surface area (Å²) in [5, 5.41) is 4.02. The Hall–Kier alpha value is -0.830. The second-order valence-electron chi connectivity index (χ2n) is 4.50. The van der Waals surface area contributed by atoms with Gasteiger partial charge >= 0.3 is 0 Å². The van der Waals surface area contributed by atoms with Crippen molar-refractivity contribution in [1.29, 1.82) is 0 Å². The van der Waals surface area contributed by atoms with Gasteiger partial charge in [0.05, 0.1) is 18.9 Å². The summed E-state index contributed by atoms with van der Waals surface area (Å²) in [7, 11) is 0. The van der Waals surface area contributed by atoms with Crippen LogP contribution in [0.4, 0.5) is 0 Å². The lowest BCUT2D eigenvalue weighted by molar-refractivity contribution is -0.0845. The molecule has 0 aromatic carbocycles. The summed E-state index contributed by atoms with van der Waals surface area (Å²) in [5.41, 5.74) is 2.42. The van der Waals surface area contributed by atoms with E-state index in [1.807, 2.05) is 13.8 Å². The average Bonchev–Trinajstić information content (AvgIpc) is 2.33. The average molecular weight is 195 g/mol. The molecule has 0 N–H and O–H groups in total. The Kier molecular flexibility index (Phi) is 2.14. The monoisotopic (exact) mass is 195 g/mol. The van der Waals surface area contributed by atoms with Crippen LogP contribution in [-0.4, -0.2) is 18.4 Å². The van der Waals surface area contributed by atoms with Crippen LogP contribution in [0.15, 0.2) is 4.52 Å². The lowest BCUT2D eigenvalue weighted by Crippen LogP contribution is -2.51. The predicted molar refractivity (Wildman–Crippen MR) is 53.3 cm³/mol. The minimum atomic E-state index is 0.147. The number of hydrogen-bond acceptors (Lipinski definition) is 3. The van der Waals surface area contributed by atoms with Crippen LogP contribution in [0, 0.1) is 19.8 Å². The first kappa shape index (κ1) is 9.71. The van der Waals surface area contributed by atoms with Crippen molar-refractivity contribution >= 4 is 0 Å². The van der Waals surface area contributed by atoms with E-state index in [4.69, 9.17) is 9.26 Å². The summed E-state index contributed by atoms with van der Waals surface area (Å²) >= 11 is 0. The zero-order valence-corrected chi connectivity index (χ0v) is 9.26. The van der Waals surface area contributed by atoms with Crippen LogP contribution in [0.3, 0.4) is 0 Å². The number of aromatic nitrogens is 1. The molecule has 1 saturated heterocycles. The summed E-state index contributed by atoms with van der Waals surface area (Å²) in [6, 6.07) is 0. The van der Waals surface area contributed by atoms with Crippen molar-refractivity contribution in [3.05, 3.63) is 17.0 Å². The molecule has 0 bridgehead atoms. The second-order valence-corrected chi connectivity index (χ2v) is 4.50. The Labute approximate surface area is 84.4 Å². The highest BCUT2D eigenvalue weighted by molar-refractivity contribution is 5.34. The highest BCUT2D eigenvalue weighted by Gasteiger charge is 2.46. The van der Waals surface area contributed by atoms with Gasteiger partial charge in [0.1, 0.15) is 5.76 Å². The van der Waals surface area contributed by atoms with Gasteiger partial charge in [-0.15, -0.1) is 0 Å². The highest BCUT2D eigenvalue weighted by Crippen LogP contribution is 2.42. The molecule has 0 unspecified atom stereocenters. The number of hydrogen-bond donors (Lipinski definition) is 0. The van der Waals surface area contributed by atoms with Crippen LogP contribution in [0.5, 0.6) is 0 Å². The van der Waals surface area contributed by atoms with Crippen LogP contribution < -0.4 is 0 Å². The van der Waals surface area contributed by atoms with E-state index in [9.17, 15) is 0 Å². The molecule has 1 fully saturated rings. The van der Waals surface area contributed by atoms with Gasteiger partial charge < -0.3 is 9.26 Å². The Morgan fingerprint density at radius 1 is 1.29 bits per heavy atom. The third-order valence-corrected chi connectivity index (χ3v) is 3.36. The maximum absolute atomic E-state index is 5.36. The van der Waals surface area contributed by atoms with Gasteiger partial charge in [-0.25, -0.2) is 0 Å². The second kappa shape index (κ2) is 3.09. The van der Waals surface area contributed by atoms with E-state index in [0.29, 0.717) is 5.92 Å². The van der Waals surface area contributed by atoms with Crippen molar-refractivity contribution in [3.8, 4) is 0 Å². The van der Waals surface area contributed by atoms with Crippen molar-refractivity contribution in [2.45, 2.75) is 33.1 Å². The first-order chi connectivity index (χ1) is 6.58. The van der Waals surface area contributed by atoms with Crippen LogP contribution in [0.25, 0.3) is 0 Å². The molecule has 2 heterocycles. The van der Waals surface area contributed by atoms with E-state index >= 15 is 0 Å². The zero-order valence-electron chi connectivity index (χ0n) is 9.26. The number of nitrogens with zero attached hydrogens (tertiary/aromatic N) is 1. The molecule has 1 aliphatic heterocycles. The van der Waals surface area contributed by atoms with Crippen molar-refractivity contribution in [2.75, 3.05) is 13.2 Å². The maximum atomic E-state index is 5.36. The molecule has 0 saturated carbocycles.